The van der Waals surface area contributed by atoms with E-state index in [2.05, 4.69) is 35.9 Å². The van der Waals surface area contributed by atoms with Crippen LogP contribution in [-0.4, -0.2) is 39.7 Å². The van der Waals surface area contributed by atoms with Crippen LogP contribution in [-0.2, 0) is 17.8 Å². The van der Waals surface area contributed by atoms with Gasteiger partial charge in [0.15, 0.2) is 0 Å². The molecular weight excluding hydrogens is 354 g/mol. The number of H-pyrrole nitrogens is 1. The molecule has 6 heteroatoms. The van der Waals surface area contributed by atoms with E-state index in [4.69, 9.17) is 4.74 Å². The lowest BCUT2D eigenvalue weighted by Gasteiger charge is -2.35. The monoisotopic (exact) mass is 379 g/mol. The fourth-order valence-corrected chi connectivity index (χ4v) is 3.95. The summed E-state index contributed by atoms with van der Waals surface area (Å²) >= 11 is 0. The van der Waals surface area contributed by atoms with Gasteiger partial charge in [0.1, 0.15) is 0 Å². The maximum absolute atomic E-state index is 12.7. The van der Waals surface area contributed by atoms with Crippen molar-refractivity contribution in [2.75, 3.05) is 13.1 Å². The molecule has 6 nitrogen and oxygen atoms in total. The smallest absolute Gasteiger partial charge is 0.329 e. The van der Waals surface area contributed by atoms with E-state index in [9.17, 15) is 9.59 Å². The van der Waals surface area contributed by atoms with Gasteiger partial charge in [-0.05, 0) is 37.1 Å². The van der Waals surface area contributed by atoms with E-state index in [1.165, 1.54) is 10.1 Å². The van der Waals surface area contributed by atoms with E-state index >= 15 is 0 Å². The molecule has 28 heavy (non-hydrogen) atoms. The van der Waals surface area contributed by atoms with Crippen LogP contribution in [0.25, 0.3) is 10.9 Å². The lowest BCUT2D eigenvalue weighted by molar-refractivity contribution is -0.0704. The number of ether oxygens (including phenoxy) is 1. The minimum Gasteiger partial charge on any atom is -0.373 e. The van der Waals surface area contributed by atoms with Gasteiger partial charge < -0.3 is 9.72 Å². The summed E-state index contributed by atoms with van der Waals surface area (Å²) in [5.41, 5.74) is 2.06. The van der Waals surface area contributed by atoms with E-state index in [0.29, 0.717) is 10.9 Å². The first kappa shape index (κ1) is 18.7. The van der Waals surface area contributed by atoms with Gasteiger partial charge in [0, 0.05) is 19.6 Å². The Morgan fingerprint density at radius 2 is 1.54 bits per heavy atom. The number of aromatic nitrogens is 2. The van der Waals surface area contributed by atoms with Gasteiger partial charge >= 0.3 is 5.69 Å². The molecule has 0 saturated carbocycles. The average molecular weight is 379 g/mol. The number of nitrogens with zero attached hydrogens (tertiary/aromatic N) is 2. The Morgan fingerprint density at radius 3 is 2.21 bits per heavy atom. The summed E-state index contributed by atoms with van der Waals surface area (Å²) in [6.45, 7) is 7.18. The lowest BCUT2D eigenvalue weighted by atomic mass is 10.1. The van der Waals surface area contributed by atoms with Crippen molar-refractivity contribution in [3.8, 4) is 0 Å². The van der Waals surface area contributed by atoms with Crippen molar-refractivity contribution in [1.82, 2.24) is 14.5 Å². The van der Waals surface area contributed by atoms with Crippen LogP contribution in [0.15, 0.2) is 58.1 Å². The average Bonchev–Trinajstić information content (AvgIpc) is 2.66. The molecule has 1 aliphatic rings. The fraction of sp³-hybridized carbons (Fsp3) is 0.364. The molecule has 1 fully saturated rings. The second kappa shape index (κ2) is 7.73. The molecule has 146 valence electrons. The van der Waals surface area contributed by atoms with Crippen LogP contribution in [0.2, 0.25) is 0 Å². The highest BCUT2D eigenvalue weighted by atomic mass is 16.5. The standard InChI is InChI=1S/C22H25N3O3/c1-15-11-24(12-16(2)28-15)13-17-7-9-18(10-8-17)14-25-21(26)19-5-3-4-6-20(19)23-22(25)27/h3-10,15-16H,11-14H2,1-2H3,(H,23,27)/t15-,16+. The number of morpholine rings is 1. The quantitative estimate of drug-likeness (QED) is 0.756. The zero-order valence-corrected chi connectivity index (χ0v) is 16.2. The van der Waals surface area contributed by atoms with Gasteiger partial charge in [-0.15, -0.1) is 0 Å². The second-order valence-corrected chi connectivity index (χ2v) is 7.63. The number of para-hydroxylation sites is 1. The van der Waals surface area contributed by atoms with Crippen molar-refractivity contribution in [1.29, 1.82) is 0 Å². The van der Waals surface area contributed by atoms with Gasteiger partial charge in [-0.2, -0.15) is 0 Å². The van der Waals surface area contributed by atoms with Crippen molar-refractivity contribution in [3.63, 3.8) is 0 Å². The number of hydrogen-bond acceptors (Lipinski definition) is 4. The van der Waals surface area contributed by atoms with Crippen molar-refractivity contribution >= 4 is 10.9 Å². The second-order valence-electron chi connectivity index (χ2n) is 7.63. The van der Waals surface area contributed by atoms with Crippen LogP contribution < -0.4 is 11.2 Å². The van der Waals surface area contributed by atoms with Crippen LogP contribution in [0, 0.1) is 0 Å². The van der Waals surface area contributed by atoms with Crippen LogP contribution in [0.3, 0.4) is 0 Å². The summed E-state index contributed by atoms with van der Waals surface area (Å²) in [5.74, 6) is 0. The highest BCUT2D eigenvalue weighted by Crippen LogP contribution is 2.15. The normalized spacial score (nSPS) is 20.5. The van der Waals surface area contributed by atoms with Gasteiger partial charge in [0.05, 0.1) is 29.7 Å². The summed E-state index contributed by atoms with van der Waals surface area (Å²) in [6, 6.07) is 15.2. The van der Waals surface area contributed by atoms with E-state index in [-0.39, 0.29) is 30.0 Å². The summed E-state index contributed by atoms with van der Waals surface area (Å²) in [6.07, 6.45) is 0.490. The Bertz CT molecular complexity index is 1070. The first-order chi connectivity index (χ1) is 13.5. The summed E-state index contributed by atoms with van der Waals surface area (Å²) in [7, 11) is 0. The molecule has 0 unspecified atom stereocenters. The zero-order chi connectivity index (χ0) is 19.7. The van der Waals surface area contributed by atoms with E-state index < -0.39 is 0 Å². The number of benzene rings is 2. The number of hydrogen-bond donors (Lipinski definition) is 1. The molecule has 0 spiro atoms. The molecule has 4 rings (SSSR count). The van der Waals surface area contributed by atoms with Gasteiger partial charge in [-0.3, -0.25) is 14.3 Å². The van der Waals surface area contributed by atoms with E-state index in [1.54, 1.807) is 24.3 Å². The third kappa shape index (κ3) is 3.93. The Kier molecular flexibility index (Phi) is 5.15. The van der Waals surface area contributed by atoms with Crippen molar-refractivity contribution in [3.05, 3.63) is 80.5 Å². The van der Waals surface area contributed by atoms with Crippen molar-refractivity contribution < 1.29 is 4.74 Å². The molecule has 1 aromatic heterocycles. The Labute approximate surface area is 163 Å². The third-order valence-corrected chi connectivity index (χ3v) is 5.15. The molecule has 1 N–H and O–H groups in total. The Hall–Kier alpha value is -2.70. The predicted octanol–water partition coefficient (Wildman–Crippen LogP) is 2.35. The molecule has 0 aliphatic carbocycles. The fourth-order valence-electron chi connectivity index (χ4n) is 3.95. The molecule has 2 aromatic carbocycles. The van der Waals surface area contributed by atoms with Gasteiger partial charge in [0.2, 0.25) is 0 Å². The lowest BCUT2D eigenvalue weighted by Crippen LogP contribution is -2.44. The molecule has 1 aliphatic heterocycles. The van der Waals surface area contributed by atoms with Crippen LogP contribution in [0.1, 0.15) is 25.0 Å². The van der Waals surface area contributed by atoms with Gasteiger partial charge in [-0.1, -0.05) is 36.4 Å². The van der Waals surface area contributed by atoms with Crippen LogP contribution in [0.4, 0.5) is 0 Å². The molecule has 1 saturated heterocycles. The highest BCUT2D eigenvalue weighted by Gasteiger charge is 2.21. The first-order valence-electron chi connectivity index (χ1n) is 9.67. The maximum Gasteiger partial charge on any atom is 0.329 e. The minimum atomic E-state index is -0.385. The van der Waals surface area contributed by atoms with Crippen LogP contribution in [0.5, 0.6) is 0 Å². The van der Waals surface area contributed by atoms with E-state index in [1.807, 2.05) is 12.1 Å². The predicted molar refractivity (Wildman–Crippen MR) is 110 cm³/mol. The summed E-state index contributed by atoms with van der Waals surface area (Å²) < 4.78 is 7.04. The zero-order valence-electron chi connectivity index (χ0n) is 16.2. The van der Waals surface area contributed by atoms with Gasteiger partial charge in [0.25, 0.3) is 5.56 Å². The number of fused-ring (bicyclic) bond motifs is 1. The number of nitrogens with one attached hydrogen (secondary N) is 1. The number of rotatable bonds is 4. The van der Waals surface area contributed by atoms with Crippen LogP contribution >= 0.6 is 0 Å². The summed E-state index contributed by atoms with van der Waals surface area (Å²) in [5, 5.41) is 0.522. The third-order valence-electron chi connectivity index (χ3n) is 5.15. The largest absolute Gasteiger partial charge is 0.373 e. The minimum absolute atomic E-state index is 0.245. The molecule has 0 bridgehead atoms. The first-order valence-corrected chi connectivity index (χ1v) is 9.67. The SMILES string of the molecule is C[C@@H]1CN(Cc2ccc(Cn3c(=O)[nH]c4ccccc4c3=O)cc2)C[C@H](C)O1. The topological polar surface area (TPSA) is 67.3 Å². The van der Waals surface area contributed by atoms with E-state index in [0.717, 1.165) is 25.2 Å². The maximum atomic E-state index is 12.7. The molecule has 2 atom stereocenters. The van der Waals surface area contributed by atoms with Crippen molar-refractivity contribution in [2.24, 2.45) is 0 Å². The Balaban J connectivity index is 1.52. The van der Waals surface area contributed by atoms with Gasteiger partial charge in [-0.25, -0.2) is 4.79 Å². The number of aromatic amines is 1. The Morgan fingerprint density at radius 1 is 0.929 bits per heavy atom. The van der Waals surface area contributed by atoms with Crippen molar-refractivity contribution in [2.45, 2.75) is 39.1 Å². The highest BCUT2D eigenvalue weighted by molar-refractivity contribution is 5.76. The molecule has 2 heterocycles. The molecule has 0 radical (unpaired) electrons. The summed E-state index contributed by atoms with van der Waals surface area (Å²) in [4.78, 5) is 30.2. The molecule has 0 amide bonds. The molecule has 3 aromatic rings. The molecular formula is C22H25N3O3.